The van der Waals surface area contributed by atoms with Crippen molar-refractivity contribution in [3.05, 3.63) is 30.0 Å². The number of methoxy groups -OCH3 is 1. The minimum Gasteiger partial charge on any atom is -0.481 e. The summed E-state index contributed by atoms with van der Waals surface area (Å²) in [6.07, 6.45) is 3.49. The third kappa shape index (κ3) is 3.13. The van der Waals surface area contributed by atoms with Crippen molar-refractivity contribution < 1.29 is 4.74 Å². The molecule has 7 heteroatoms. The molecule has 0 amide bonds. The maximum Gasteiger partial charge on any atom is 0.228 e. The van der Waals surface area contributed by atoms with Gasteiger partial charge in [0, 0.05) is 50.7 Å². The highest BCUT2D eigenvalue weighted by molar-refractivity contribution is 5.32. The van der Waals surface area contributed by atoms with Crippen LogP contribution in [0, 0.1) is 6.92 Å². The van der Waals surface area contributed by atoms with E-state index in [0.29, 0.717) is 5.88 Å². The standard InChI is InChI=1S/C14H20N6O/c1-11-12(17-10-16-11)9-19-5-7-20(8-6-19)14-15-4-3-13(18-14)21-2/h3-4,10H,5-9H2,1-2H3,(H,16,17). The molecule has 1 N–H and O–H groups in total. The number of nitrogens with zero attached hydrogens (tertiary/aromatic N) is 5. The van der Waals surface area contributed by atoms with E-state index in [1.807, 2.05) is 0 Å². The molecule has 3 rings (SSSR count). The fourth-order valence-corrected chi connectivity index (χ4v) is 2.46. The van der Waals surface area contributed by atoms with Gasteiger partial charge in [-0.25, -0.2) is 9.97 Å². The minimum absolute atomic E-state index is 0.606. The van der Waals surface area contributed by atoms with Crippen LogP contribution >= 0.6 is 0 Å². The maximum absolute atomic E-state index is 5.15. The van der Waals surface area contributed by atoms with Crippen LogP contribution in [0.2, 0.25) is 0 Å². The van der Waals surface area contributed by atoms with Crippen molar-refractivity contribution in [1.29, 1.82) is 0 Å². The number of H-pyrrole nitrogens is 1. The third-order valence-corrected chi connectivity index (χ3v) is 3.79. The molecule has 1 fully saturated rings. The van der Waals surface area contributed by atoms with E-state index < -0.39 is 0 Å². The van der Waals surface area contributed by atoms with Crippen LogP contribution < -0.4 is 9.64 Å². The largest absolute Gasteiger partial charge is 0.481 e. The molecule has 0 atom stereocenters. The van der Waals surface area contributed by atoms with Gasteiger partial charge in [0.2, 0.25) is 11.8 Å². The first-order chi connectivity index (χ1) is 10.3. The summed E-state index contributed by atoms with van der Waals surface area (Å²) < 4.78 is 5.15. The third-order valence-electron chi connectivity index (χ3n) is 3.79. The van der Waals surface area contributed by atoms with Crippen molar-refractivity contribution in [3.8, 4) is 5.88 Å². The molecule has 2 aromatic heterocycles. The van der Waals surface area contributed by atoms with Gasteiger partial charge in [-0.2, -0.15) is 4.98 Å². The van der Waals surface area contributed by atoms with E-state index >= 15 is 0 Å². The molecule has 0 saturated carbocycles. The lowest BCUT2D eigenvalue weighted by atomic mass is 10.2. The Kier molecular flexibility index (Phi) is 4.01. The SMILES string of the molecule is COc1ccnc(N2CCN(Cc3nc[nH]c3C)CC2)n1. The fraction of sp³-hybridized carbons (Fsp3) is 0.500. The first kappa shape index (κ1) is 13.8. The van der Waals surface area contributed by atoms with Crippen molar-refractivity contribution in [1.82, 2.24) is 24.8 Å². The van der Waals surface area contributed by atoms with Crippen LogP contribution in [0.1, 0.15) is 11.4 Å². The van der Waals surface area contributed by atoms with Crippen LogP contribution in [0.5, 0.6) is 5.88 Å². The van der Waals surface area contributed by atoms with Crippen LogP contribution in [-0.4, -0.2) is 58.1 Å². The maximum atomic E-state index is 5.15. The van der Waals surface area contributed by atoms with Crippen LogP contribution in [0.15, 0.2) is 18.6 Å². The molecule has 0 aliphatic carbocycles. The molecule has 2 aromatic rings. The Morgan fingerprint density at radius 2 is 2.05 bits per heavy atom. The number of imidazole rings is 1. The van der Waals surface area contributed by atoms with Gasteiger partial charge in [0.05, 0.1) is 19.1 Å². The lowest BCUT2D eigenvalue weighted by Gasteiger charge is -2.34. The van der Waals surface area contributed by atoms with Crippen molar-refractivity contribution in [2.45, 2.75) is 13.5 Å². The van der Waals surface area contributed by atoms with Gasteiger partial charge in [0.1, 0.15) is 0 Å². The summed E-state index contributed by atoms with van der Waals surface area (Å²) in [6.45, 7) is 6.73. The zero-order valence-corrected chi connectivity index (χ0v) is 12.4. The number of aromatic nitrogens is 4. The number of hydrogen-bond donors (Lipinski definition) is 1. The summed E-state index contributed by atoms with van der Waals surface area (Å²) >= 11 is 0. The molecule has 3 heterocycles. The van der Waals surface area contributed by atoms with E-state index in [1.54, 1.807) is 25.7 Å². The van der Waals surface area contributed by atoms with Gasteiger partial charge in [0.15, 0.2) is 0 Å². The topological polar surface area (TPSA) is 70.2 Å². The van der Waals surface area contributed by atoms with Gasteiger partial charge in [-0.05, 0) is 6.92 Å². The van der Waals surface area contributed by atoms with E-state index in [2.05, 4.69) is 36.7 Å². The molecule has 0 radical (unpaired) electrons. The average molecular weight is 288 g/mol. The zero-order chi connectivity index (χ0) is 14.7. The molecule has 1 aliphatic rings. The highest BCUT2D eigenvalue weighted by Crippen LogP contribution is 2.15. The zero-order valence-electron chi connectivity index (χ0n) is 12.4. The highest BCUT2D eigenvalue weighted by atomic mass is 16.5. The molecule has 1 aliphatic heterocycles. The number of anilines is 1. The number of rotatable bonds is 4. The summed E-state index contributed by atoms with van der Waals surface area (Å²) in [7, 11) is 1.62. The van der Waals surface area contributed by atoms with E-state index in [9.17, 15) is 0 Å². The Morgan fingerprint density at radius 3 is 2.71 bits per heavy atom. The predicted molar refractivity (Wildman–Crippen MR) is 79.4 cm³/mol. The van der Waals surface area contributed by atoms with E-state index in [4.69, 9.17) is 4.74 Å². The number of ether oxygens (including phenoxy) is 1. The molecule has 112 valence electrons. The van der Waals surface area contributed by atoms with Gasteiger partial charge in [0.25, 0.3) is 0 Å². The normalized spacial score (nSPS) is 16.2. The fourth-order valence-electron chi connectivity index (χ4n) is 2.46. The van der Waals surface area contributed by atoms with Gasteiger partial charge in [-0.1, -0.05) is 0 Å². The quantitative estimate of drug-likeness (QED) is 0.899. The Hall–Kier alpha value is -2.15. The molecular weight excluding hydrogens is 268 g/mol. The second kappa shape index (κ2) is 6.09. The van der Waals surface area contributed by atoms with Crippen molar-refractivity contribution >= 4 is 5.95 Å². The minimum atomic E-state index is 0.606. The summed E-state index contributed by atoms with van der Waals surface area (Å²) in [5.74, 6) is 1.35. The summed E-state index contributed by atoms with van der Waals surface area (Å²) in [5, 5.41) is 0. The van der Waals surface area contributed by atoms with E-state index in [-0.39, 0.29) is 0 Å². The molecule has 7 nitrogen and oxygen atoms in total. The Balaban J connectivity index is 1.58. The molecule has 1 saturated heterocycles. The average Bonchev–Trinajstić information content (AvgIpc) is 2.93. The van der Waals surface area contributed by atoms with E-state index in [1.165, 1.54) is 0 Å². The van der Waals surface area contributed by atoms with Crippen LogP contribution in [0.25, 0.3) is 0 Å². The second-order valence-corrected chi connectivity index (χ2v) is 5.14. The first-order valence-corrected chi connectivity index (χ1v) is 7.09. The second-order valence-electron chi connectivity index (χ2n) is 5.14. The molecule has 0 aromatic carbocycles. The van der Waals surface area contributed by atoms with Gasteiger partial charge < -0.3 is 14.6 Å². The number of piperazine rings is 1. The summed E-state index contributed by atoms with van der Waals surface area (Å²) in [5.41, 5.74) is 2.27. The van der Waals surface area contributed by atoms with Crippen molar-refractivity contribution in [3.63, 3.8) is 0 Å². The Bertz CT molecular complexity index is 591. The Labute approximate surface area is 124 Å². The van der Waals surface area contributed by atoms with Gasteiger partial charge in [-0.3, -0.25) is 4.90 Å². The summed E-state index contributed by atoms with van der Waals surface area (Å²) in [6, 6.07) is 1.76. The molecular formula is C14H20N6O. The molecule has 0 unspecified atom stereocenters. The smallest absolute Gasteiger partial charge is 0.228 e. The number of aryl methyl sites for hydroxylation is 1. The Morgan fingerprint density at radius 1 is 1.24 bits per heavy atom. The van der Waals surface area contributed by atoms with Gasteiger partial charge >= 0.3 is 0 Å². The summed E-state index contributed by atoms with van der Waals surface area (Å²) in [4.78, 5) is 20.8. The molecule has 21 heavy (non-hydrogen) atoms. The van der Waals surface area contributed by atoms with Crippen molar-refractivity contribution in [2.75, 3.05) is 38.2 Å². The predicted octanol–water partition coefficient (Wildman–Crippen LogP) is 0.839. The molecule has 0 bridgehead atoms. The molecule has 0 spiro atoms. The monoisotopic (exact) mass is 288 g/mol. The van der Waals surface area contributed by atoms with Crippen LogP contribution in [0.4, 0.5) is 5.95 Å². The first-order valence-electron chi connectivity index (χ1n) is 7.09. The van der Waals surface area contributed by atoms with Crippen LogP contribution in [0.3, 0.4) is 0 Å². The van der Waals surface area contributed by atoms with Crippen molar-refractivity contribution in [2.24, 2.45) is 0 Å². The number of aromatic amines is 1. The van der Waals surface area contributed by atoms with E-state index in [0.717, 1.165) is 50.1 Å². The number of nitrogens with one attached hydrogen (secondary N) is 1. The lowest BCUT2D eigenvalue weighted by Crippen LogP contribution is -2.46. The highest BCUT2D eigenvalue weighted by Gasteiger charge is 2.20. The number of hydrogen-bond acceptors (Lipinski definition) is 6. The van der Waals surface area contributed by atoms with Crippen LogP contribution in [-0.2, 0) is 6.54 Å². The van der Waals surface area contributed by atoms with Gasteiger partial charge in [-0.15, -0.1) is 0 Å². The lowest BCUT2D eigenvalue weighted by molar-refractivity contribution is 0.245.